The van der Waals surface area contributed by atoms with Crippen molar-refractivity contribution in [3.8, 4) is 11.6 Å². The van der Waals surface area contributed by atoms with Crippen LogP contribution in [0.4, 0.5) is 0 Å². The number of benzene rings is 3. The predicted molar refractivity (Wildman–Crippen MR) is 101 cm³/mol. The summed E-state index contributed by atoms with van der Waals surface area (Å²) in [4.78, 5) is 0. The number of ether oxygens (including phenoxy) is 1. The molecule has 0 aliphatic carbocycles. The number of hydrogen-bond donors (Lipinski definition) is 0. The van der Waals surface area contributed by atoms with Gasteiger partial charge < -0.3 is 4.74 Å². The van der Waals surface area contributed by atoms with E-state index in [0.717, 1.165) is 23.7 Å². The van der Waals surface area contributed by atoms with E-state index in [1.165, 1.54) is 16.5 Å². The highest BCUT2D eigenvalue weighted by atomic mass is 16.5. The molecule has 0 spiro atoms. The fraction of sp³-hybridized carbons (Fsp3) is 0.0870. The zero-order chi connectivity index (χ0) is 17.1. The predicted octanol–water partition coefficient (Wildman–Crippen LogP) is 5.28. The van der Waals surface area contributed by atoms with E-state index >= 15 is 0 Å². The highest BCUT2D eigenvalue weighted by molar-refractivity contribution is 5.75. The minimum Gasteiger partial charge on any atom is -0.405 e. The average molecular weight is 326 g/mol. The topological polar surface area (TPSA) is 13.1 Å². The molecule has 0 unspecified atom stereocenters. The molecule has 0 N–H and O–H groups in total. The van der Waals surface area contributed by atoms with Crippen molar-refractivity contribution < 1.29 is 9.30 Å². The molecule has 3 aromatic carbocycles. The second-order valence-electron chi connectivity index (χ2n) is 6.22. The van der Waals surface area contributed by atoms with E-state index in [9.17, 15) is 0 Å². The molecule has 0 radical (unpaired) electrons. The summed E-state index contributed by atoms with van der Waals surface area (Å²) in [7, 11) is 0. The van der Waals surface area contributed by atoms with Gasteiger partial charge in [0.05, 0.1) is 6.07 Å². The van der Waals surface area contributed by atoms with Gasteiger partial charge in [0.25, 0.3) is 0 Å². The van der Waals surface area contributed by atoms with Crippen molar-refractivity contribution in [2.45, 2.75) is 13.5 Å². The highest BCUT2D eigenvalue weighted by Gasteiger charge is 2.18. The van der Waals surface area contributed by atoms with E-state index < -0.39 is 0 Å². The maximum Gasteiger partial charge on any atom is 0.374 e. The van der Waals surface area contributed by atoms with Crippen LogP contribution < -0.4 is 9.30 Å². The third-order valence-corrected chi connectivity index (χ3v) is 4.33. The highest BCUT2D eigenvalue weighted by Crippen LogP contribution is 2.22. The van der Waals surface area contributed by atoms with Gasteiger partial charge in [-0.25, -0.2) is 0 Å². The fourth-order valence-corrected chi connectivity index (χ4v) is 2.99. The van der Waals surface area contributed by atoms with Crippen LogP contribution in [-0.2, 0) is 6.54 Å². The Bertz CT molecular complexity index is 991. The summed E-state index contributed by atoms with van der Waals surface area (Å²) < 4.78 is 8.43. The van der Waals surface area contributed by atoms with E-state index in [-0.39, 0.29) is 0 Å². The Morgan fingerprint density at radius 2 is 1.44 bits per heavy atom. The first-order valence-corrected chi connectivity index (χ1v) is 8.50. The molecule has 122 valence electrons. The lowest BCUT2D eigenvalue weighted by molar-refractivity contribution is -0.666. The Kier molecular flexibility index (Phi) is 4.17. The number of aromatic nitrogens is 1. The Hall–Kier alpha value is -3.13. The third kappa shape index (κ3) is 3.38. The molecule has 0 aliphatic rings. The first-order chi connectivity index (χ1) is 12.3. The molecule has 1 heterocycles. The van der Waals surface area contributed by atoms with Gasteiger partial charge in [-0.05, 0) is 31.2 Å². The summed E-state index contributed by atoms with van der Waals surface area (Å²) in [6.45, 7) is 2.85. The van der Waals surface area contributed by atoms with Crippen molar-refractivity contribution in [1.82, 2.24) is 0 Å². The Labute approximate surface area is 148 Å². The van der Waals surface area contributed by atoms with Crippen LogP contribution >= 0.6 is 0 Å². The number of nitrogens with zero attached hydrogens (tertiary/aromatic N) is 1. The lowest BCUT2D eigenvalue weighted by Crippen LogP contribution is -2.36. The molecule has 4 aromatic rings. The summed E-state index contributed by atoms with van der Waals surface area (Å²) in [5.74, 6) is 1.69. The molecule has 0 fully saturated rings. The van der Waals surface area contributed by atoms with Crippen LogP contribution in [0.5, 0.6) is 11.6 Å². The molecule has 1 aromatic heterocycles. The Balaban J connectivity index is 1.79. The quantitative estimate of drug-likeness (QED) is 0.465. The molecule has 2 nitrogen and oxygen atoms in total. The lowest BCUT2D eigenvalue weighted by Gasteiger charge is -2.09. The van der Waals surface area contributed by atoms with Gasteiger partial charge >= 0.3 is 5.88 Å². The molecule has 0 bridgehead atoms. The van der Waals surface area contributed by atoms with Crippen LogP contribution in [0.1, 0.15) is 11.1 Å². The molecular formula is C23H20NO+. The van der Waals surface area contributed by atoms with Crippen molar-refractivity contribution >= 4 is 10.9 Å². The van der Waals surface area contributed by atoms with Gasteiger partial charge in [-0.3, -0.25) is 0 Å². The molecule has 25 heavy (non-hydrogen) atoms. The van der Waals surface area contributed by atoms with Crippen molar-refractivity contribution in [2.24, 2.45) is 0 Å². The minimum atomic E-state index is 0.767. The van der Waals surface area contributed by atoms with Gasteiger partial charge in [0.15, 0.2) is 6.54 Å². The van der Waals surface area contributed by atoms with E-state index in [1.807, 2.05) is 24.3 Å². The molecule has 0 amide bonds. The minimum absolute atomic E-state index is 0.767. The smallest absolute Gasteiger partial charge is 0.374 e. The summed E-state index contributed by atoms with van der Waals surface area (Å²) in [5, 5.41) is 1.20. The molecule has 4 rings (SSSR count). The Morgan fingerprint density at radius 1 is 0.720 bits per heavy atom. The van der Waals surface area contributed by atoms with Crippen LogP contribution in [0, 0.1) is 6.92 Å². The van der Waals surface area contributed by atoms with Gasteiger partial charge in [0.1, 0.15) is 5.75 Å². The number of rotatable bonds is 4. The van der Waals surface area contributed by atoms with E-state index in [1.54, 1.807) is 0 Å². The van der Waals surface area contributed by atoms with Gasteiger partial charge in [0, 0.05) is 17.0 Å². The van der Waals surface area contributed by atoms with Crippen molar-refractivity contribution in [1.29, 1.82) is 0 Å². The first kappa shape index (κ1) is 15.4. The van der Waals surface area contributed by atoms with Gasteiger partial charge in [-0.15, -0.1) is 0 Å². The largest absolute Gasteiger partial charge is 0.405 e. The van der Waals surface area contributed by atoms with Crippen LogP contribution in [0.2, 0.25) is 0 Å². The summed E-state index contributed by atoms with van der Waals surface area (Å²) in [6, 6.07) is 31.2. The molecule has 2 heteroatoms. The Morgan fingerprint density at radius 3 is 2.24 bits per heavy atom. The van der Waals surface area contributed by atoms with E-state index in [0.29, 0.717) is 0 Å². The number of fused-ring (bicyclic) bond motifs is 1. The second-order valence-corrected chi connectivity index (χ2v) is 6.22. The average Bonchev–Trinajstić information content (AvgIpc) is 2.66. The van der Waals surface area contributed by atoms with Crippen LogP contribution in [0.25, 0.3) is 10.9 Å². The summed E-state index contributed by atoms with van der Waals surface area (Å²) in [5.41, 5.74) is 3.64. The normalized spacial score (nSPS) is 10.8. The monoisotopic (exact) mass is 326 g/mol. The summed E-state index contributed by atoms with van der Waals surface area (Å²) >= 11 is 0. The molecule has 0 saturated heterocycles. The van der Waals surface area contributed by atoms with Crippen LogP contribution in [0.15, 0.2) is 91.0 Å². The standard InChI is InChI=1S/C23H20NO/c1-18-11-14-21(15-12-18)25-23-16-13-20-9-5-6-10-22(20)24(23)17-19-7-3-2-4-8-19/h2-16H,17H2,1H3/q+1. The second kappa shape index (κ2) is 6.78. The SMILES string of the molecule is Cc1ccc(Oc2ccc3ccccc3[n+]2Cc2ccccc2)cc1. The lowest BCUT2D eigenvalue weighted by atomic mass is 10.2. The zero-order valence-electron chi connectivity index (χ0n) is 14.2. The van der Waals surface area contributed by atoms with Gasteiger partial charge in [0.2, 0.25) is 5.52 Å². The third-order valence-electron chi connectivity index (χ3n) is 4.33. The van der Waals surface area contributed by atoms with Gasteiger partial charge in [-0.2, -0.15) is 4.57 Å². The number of aryl methyl sites for hydroxylation is 1. The van der Waals surface area contributed by atoms with Crippen LogP contribution in [0.3, 0.4) is 0 Å². The van der Waals surface area contributed by atoms with Crippen molar-refractivity contribution in [2.75, 3.05) is 0 Å². The van der Waals surface area contributed by atoms with E-state index in [2.05, 4.69) is 78.2 Å². The maximum absolute atomic E-state index is 6.21. The van der Waals surface area contributed by atoms with Crippen molar-refractivity contribution in [3.63, 3.8) is 0 Å². The number of para-hydroxylation sites is 1. The van der Waals surface area contributed by atoms with Crippen molar-refractivity contribution in [3.05, 3.63) is 102 Å². The first-order valence-electron chi connectivity index (χ1n) is 8.50. The molecule has 0 atom stereocenters. The number of hydrogen-bond acceptors (Lipinski definition) is 1. The fourth-order valence-electron chi connectivity index (χ4n) is 2.99. The summed E-state index contributed by atoms with van der Waals surface area (Å²) in [6.07, 6.45) is 0. The van der Waals surface area contributed by atoms with Crippen LogP contribution in [-0.4, -0.2) is 0 Å². The zero-order valence-corrected chi connectivity index (χ0v) is 14.2. The maximum atomic E-state index is 6.21. The molecular weight excluding hydrogens is 306 g/mol. The van der Waals surface area contributed by atoms with E-state index in [4.69, 9.17) is 4.74 Å². The molecule has 0 saturated carbocycles. The number of pyridine rings is 1. The van der Waals surface area contributed by atoms with Gasteiger partial charge in [-0.1, -0.05) is 60.2 Å². The molecule has 0 aliphatic heterocycles.